The van der Waals surface area contributed by atoms with Crippen molar-refractivity contribution >= 4 is 104 Å². The molecular weight excluding hydrogens is 1420 g/mol. The van der Waals surface area contributed by atoms with Crippen molar-refractivity contribution in [3.8, 4) is 0 Å². The number of hydrogen-bond acceptors (Lipinski definition) is 16. The minimum absolute atomic E-state index is 0.0274. The molecular formula is C75H112ClN15O13S2. The molecule has 1 aliphatic rings. The molecule has 4 rings (SSSR count). The molecule has 3 aromatic carbocycles. The van der Waals surface area contributed by atoms with E-state index in [4.69, 9.17) is 17.1 Å². The van der Waals surface area contributed by atoms with Crippen LogP contribution in [0.3, 0.4) is 0 Å². The zero-order chi connectivity index (χ0) is 79.1. The van der Waals surface area contributed by atoms with E-state index in [9.17, 15) is 62.6 Å². The van der Waals surface area contributed by atoms with Crippen molar-refractivity contribution in [3.05, 3.63) is 118 Å². The van der Waals surface area contributed by atoms with Gasteiger partial charge in [-0.15, -0.1) is 11.6 Å². The number of amides is 11. The molecule has 1 aliphatic heterocycles. The van der Waals surface area contributed by atoms with Crippen LogP contribution in [0, 0.1) is 11.8 Å². The number of carbonyl (C=O) groups excluding carboxylic acids is 11. The summed E-state index contributed by atoms with van der Waals surface area (Å²) in [4.78, 5) is 179. The Morgan fingerprint density at radius 1 is 0.557 bits per heavy atom. The lowest BCUT2D eigenvalue weighted by Gasteiger charge is -2.36. The molecule has 0 unspecified atom stereocenters. The Kier molecular flexibility index (Phi) is 37.9. The van der Waals surface area contributed by atoms with Crippen LogP contribution < -0.4 is 37.2 Å². The second-order valence-electron chi connectivity index (χ2n) is 29.0. The molecule has 0 aromatic heterocycles. The maximum absolute atomic E-state index is 14.9. The Bertz CT molecular complexity index is 3460. The summed E-state index contributed by atoms with van der Waals surface area (Å²) in [6.45, 7) is 20.3. The van der Waals surface area contributed by atoms with Gasteiger partial charge in [-0.2, -0.15) is 0 Å². The molecule has 0 bridgehead atoms. The number of nitrogens with one attached hydrogen (secondary N) is 7. The number of nitrogens with zero attached hydrogens (tertiary/aromatic N) is 8. The average Bonchev–Trinajstić information content (AvgIpc) is 0.996. The molecule has 28 nitrogen and oxygen atoms in total. The lowest BCUT2D eigenvalue weighted by atomic mass is 9.99. The zero-order valence-electron chi connectivity index (χ0n) is 64.0. The molecule has 106 heavy (non-hydrogen) atoms. The van der Waals surface area contributed by atoms with E-state index >= 15 is 0 Å². The standard InChI is InChI=1S/C75H112ClN15O13S2/c1-46(2)38-59(85-66(95)56(34-25-26-36-78-86-77)83-68(97)57(82-63(92)43-76)40-52-28-19-16-20-29-52)72(101)88(13)51(8)71(100)89(14)61(39-47(3)4)69(98)80-49(6)70(99)90(15)62(42-54-32-23-18-24-33-54)73(102)87(12)50(7)65(94)79-48(5)64(93)84-58(41-53-30-21-17-22-31-53)67(96)81-55(45-105-106-75(9,10)11)44-91-37-27-35-60(91)74(103)104/h16-24,28-33,46-51,55-62H,25-27,34-45H2,1-15H3,(H,79,94)(H,80,98)(H,81,96)(H,82,92)(H,83,97)(H,84,93)(H,85,95)(H,103,104)/t48-,49-,50-,51-,55+,56-,57-,58-,59-,60-,61-,62-/m0/s1. The second kappa shape index (κ2) is 44.6. The van der Waals surface area contributed by atoms with Crippen molar-refractivity contribution in [3.63, 3.8) is 0 Å². The minimum atomic E-state index is -1.30. The number of benzene rings is 3. The first-order chi connectivity index (χ1) is 50.0. The highest BCUT2D eigenvalue weighted by Crippen LogP contribution is 2.36. The van der Waals surface area contributed by atoms with Gasteiger partial charge in [0.25, 0.3) is 0 Å². The SMILES string of the molecule is CC(C)C[C@H](NC(=O)[C@H](CCCCN=[N+]=[N-])NC(=O)[C@H](Cc1ccccc1)NC(=O)CCl)C(=O)N(C)[C@@H](C)C(=O)N(C)[C@@H](CC(C)C)C(=O)N[C@@H](C)C(=O)N(C)[C@@H](Cc1ccccc1)C(=O)N(C)[C@@H](C)C(=O)N[C@@H](C)C(=O)N[C@@H](Cc1ccccc1)C(=O)N[C@@H](CSSC(C)(C)C)CN1CCC[C@H]1C(=O)O. The van der Waals surface area contributed by atoms with Gasteiger partial charge in [-0.3, -0.25) is 62.4 Å². The number of halogens is 1. The fourth-order valence-electron chi connectivity index (χ4n) is 12.1. The Morgan fingerprint density at radius 3 is 1.58 bits per heavy atom. The topological polar surface area (TPSA) is 374 Å². The molecule has 0 radical (unpaired) electrons. The smallest absolute Gasteiger partial charge is 0.320 e. The van der Waals surface area contributed by atoms with Gasteiger partial charge in [-0.05, 0) is 107 Å². The number of azide groups is 1. The summed E-state index contributed by atoms with van der Waals surface area (Å²) in [7, 11) is 8.78. The number of carboxylic acids is 1. The number of aliphatic carboxylic acids is 1. The van der Waals surface area contributed by atoms with Crippen LogP contribution in [0.1, 0.15) is 138 Å². The number of carbonyl (C=O) groups is 12. The van der Waals surface area contributed by atoms with E-state index in [1.54, 1.807) is 94.4 Å². The van der Waals surface area contributed by atoms with Gasteiger partial charge in [0, 0.05) is 76.0 Å². The average molecular weight is 1530 g/mol. The number of carboxylic acid groups (broad SMARTS) is 1. The van der Waals surface area contributed by atoms with Crippen LogP contribution in [-0.2, 0) is 76.8 Å². The molecule has 1 heterocycles. The molecule has 1 saturated heterocycles. The highest BCUT2D eigenvalue weighted by molar-refractivity contribution is 8.77. The van der Waals surface area contributed by atoms with E-state index < -0.39 is 149 Å². The first-order valence-electron chi connectivity index (χ1n) is 36.1. The Morgan fingerprint density at radius 2 is 1.05 bits per heavy atom. The van der Waals surface area contributed by atoms with Crippen molar-refractivity contribution in [2.24, 2.45) is 17.0 Å². The van der Waals surface area contributed by atoms with Crippen molar-refractivity contribution in [1.82, 2.24) is 61.7 Å². The highest BCUT2D eigenvalue weighted by atomic mass is 35.5. The van der Waals surface area contributed by atoms with Crippen LogP contribution in [0.2, 0.25) is 0 Å². The largest absolute Gasteiger partial charge is 0.480 e. The molecule has 31 heteroatoms. The number of likely N-dealkylation sites (N-methyl/N-ethyl adjacent to an activating group) is 4. The third kappa shape index (κ3) is 29.7. The van der Waals surface area contributed by atoms with E-state index in [-0.39, 0.29) is 68.2 Å². The fourth-order valence-corrected chi connectivity index (χ4v) is 14.7. The maximum atomic E-state index is 14.9. The Balaban J connectivity index is 1.51. The van der Waals surface area contributed by atoms with Crippen LogP contribution in [0.25, 0.3) is 10.4 Å². The molecule has 3 aromatic rings. The number of hydrogen-bond donors (Lipinski definition) is 8. The fraction of sp³-hybridized carbons (Fsp3) is 0.600. The molecule has 11 amide bonds. The Hall–Kier alpha value is -8.44. The van der Waals surface area contributed by atoms with Gasteiger partial charge >= 0.3 is 5.97 Å². The Labute approximate surface area is 637 Å². The van der Waals surface area contributed by atoms with Gasteiger partial charge in [0.1, 0.15) is 72.3 Å². The molecule has 1 fully saturated rings. The highest BCUT2D eigenvalue weighted by Gasteiger charge is 2.41. The van der Waals surface area contributed by atoms with E-state index in [1.807, 2.05) is 50.8 Å². The van der Waals surface area contributed by atoms with Crippen molar-refractivity contribution in [1.29, 1.82) is 0 Å². The number of unbranched alkanes of at least 4 members (excludes halogenated alkanes) is 1. The first-order valence-corrected chi connectivity index (χ1v) is 39.0. The number of alkyl halides is 1. The lowest BCUT2D eigenvalue weighted by Crippen LogP contribution is -2.60. The summed E-state index contributed by atoms with van der Waals surface area (Å²) in [6.07, 6.45) is 2.24. The summed E-state index contributed by atoms with van der Waals surface area (Å²) in [6, 6.07) is 13.4. The normalized spacial score (nSPS) is 16.1. The van der Waals surface area contributed by atoms with Gasteiger partial charge < -0.3 is 61.9 Å². The second-order valence-corrected chi connectivity index (χ2v) is 32.5. The van der Waals surface area contributed by atoms with Crippen molar-refractivity contribution in [2.75, 3.05) is 59.5 Å². The van der Waals surface area contributed by atoms with Gasteiger partial charge in [0.05, 0.1) is 6.04 Å². The molecule has 584 valence electrons. The van der Waals surface area contributed by atoms with Gasteiger partial charge in [-0.25, -0.2) is 0 Å². The number of likely N-dealkylation sites (tertiary alicyclic amines) is 1. The van der Waals surface area contributed by atoms with E-state index in [0.717, 1.165) is 10.5 Å². The van der Waals surface area contributed by atoms with Crippen LogP contribution in [0.4, 0.5) is 0 Å². The van der Waals surface area contributed by atoms with Gasteiger partial charge in [-0.1, -0.05) is 173 Å². The third-order valence-electron chi connectivity index (χ3n) is 18.3. The van der Waals surface area contributed by atoms with Crippen molar-refractivity contribution in [2.45, 2.75) is 218 Å². The van der Waals surface area contributed by atoms with Crippen LogP contribution >= 0.6 is 33.2 Å². The van der Waals surface area contributed by atoms with E-state index in [0.29, 0.717) is 49.1 Å². The first kappa shape index (κ1) is 90.0. The monoisotopic (exact) mass is 1530 g/mol. The molecule has 0 aliphatic carbocycles. The van der Waals surface area contributed by atoms with Gasteiger partial charge in [0.15, 0.2) is 0 Å². The van der Waals surface area contributed by atoms with Crippen LogP contribution in [0.5, 0.6) is 0 Å². The maximum Gasteiger partial charge on any atom is 0.320 e. The summed E-state index contributed by atoms with van der Waals surface area (Å²) in [5, 5.41) is 33.1. The minimum Gasteiger partial charge on any atom is -0.480 e. The summed E-state index contributed by atoms with van der Waals surface area (Å²) >= 11 is 5.82. The summed E-state index contributed by atoms with van der Waals surface area (Å²) in [5.41, 5.74) is 11.0. The van der Waals surface area contributed by atoms with Gasteiger partial charge in [0.2, 0.25) is 65.0 Å². The van der Waals surface area contributed by atoms with E-state index in [2.05, 4.69) is 68.0 Å². The molecule has 12 atom stereocenters. The predicted molar refractivity (Wildman–Crippen MR) is 412 cm³/mol. The quantitative estimate of drug-likeness (QED) is 0.00800. The number of rotatable bonds is 43. The molecule has 0 saturated carbocycles. The molecule has 8 N–H and O–H groups in total. The summed E-state index contributed by atoms with van der Waals surface area (Å²) < 4.78 is -0.105. The predicted octanol–water partition coefficient (Wildman–Crippen LogP) is 6.04. The third-order valence-corrected chi connectivity index (χ3v) is 21.9. The lowest BCUT2D eigenvalue weighted by molar-refractivity contribution is -0.150. The van der Waals surface area contributed by atoms with Crippen LogP contribution in [-0.4, -0.2) is 237 Å². The van der Waals surface area contributed by atoms with Crippen LogP contribution in [0.15, 0.2) is 96.1 Å². The van der Waals surface area contributed by atoms with E-state index in [1.165, 1.54) is 70.6 Å². The summed E-state index contributed by atoms with van der Waals surface area (Å²) in [5.74, 6) is -8.64. The van der Waals surface area contributed by atoms with Crippen molar-refractivity contribution < 1.29 is 62.6 Å². The molecule has 0 spiro atoms. The zero-order valence-corrected chi connectivity index (χ0v) is 66.4.